The summed E-state index contributed by atoms with van der Waals surface area (Å²) in [6, 6.07) is 12.7. The third kappa shape index (κ3) is 4.22. The predicted molar refractivity (Wildman–Crippen MR) is 102 cm³/mol. The quantitative estimate of drug-likeness (QED) is 0.728. The number of likely N-dealkylation sites (tertiary alicyclic amines) is 1. The average molecular weight is 391 g/mol. The number of benzene rings is 2. The molecule has 1 saturated heterocycles. The van der Waals surface area contributed by atoms with Gasteiger partial charge in [0.25, 0.3) is 0 Å². The largest absolute Gasteiger partial charge is 0.497 e. The van der Waals surface area contributed by atoms with E-state index in [4.69, 9.17) is 4.74 Å². The van der Waals surface area contributed by atoms with Gasteiger partial charge < -0.3 is 9.64 Å². The SMILES string of the molecule is CCCN1CC(c2cccc(OC)c2)C(=O)C(c2ccccc2C(F)(F)F)C1. The van der Waals surface area contributed by atoms with Gasteiger partial charge in [-0.2, -0.15) is 13.2 Å². The van der Waals surface area contributed by atoms with Gasteiger partial charge in [0.15, 0.2) is 0 Å². The molecule has 3 nitrogen and oxygen atoms in total. The van der Waals surface area contributed by atoms with Crippen molar-refractivity contribution in [3.63, 3.8) is 0 Å². The van der Waals surface area contributed by atoms with Crippen LogP contribution in [-0.4, -0.2) is 37.4 Å². The monoisotopic (exact) mass is 391 g/mol. The molecule has 3 rings (SSSR count). The summed E-state index contributed by atoms with van der Waals surface area (Å²) < 4.78 is 45.9. The van der Waals surface area contributed by atoms with Crippen molar-refractivity contribution >= 4 is 5.78 Å². The summed E-state index contributed by atoms with van der Waals surface area (Å²) in [7, 11) is 1.55. The minimum absolute atomic E-state index is 0.0636. The molecule has 0 amide bonds. The standard InChI is InChI=1S/C22H24F3NO2/c1-3-11-26-13-18(15-7-6-8-16(12-15)28-2)21(27)19(14-26)17-9-4-5-10-20(17)22(23,24)25/h4-10,12,18-19H,3,11,13-14H2,1-2H3. The van der Waals surface area contributed by atoms with E-state index in [0.717, 1.165) is 24.6 Å². The van der Waals surface area contributed by atoms with Crippen LogP contribution in [0.25, 0.3) is 0 Å². The van der Waals surface area contributed by atoms with Crippen LogP contribution >= 0.6 is 0 Å². The maximum Gasteiger partial charge on any atom is 0.416 e. The molecule has 1 aliphatic rings. The zero-order valence-electron chi connectivity index (χ0n) is 16.0. The minimum Gasteiger partial charge on any atom is -0.497 e. The van der Waals surface area contributed by atoms with Gasteiger partial charge in [0.05, 0.1) is 24.5 Å². The minimum atomic E-state index is -4.49. The molecule has 0 N–H and O–H groups in total. The topological polar surface area (TPSA) is 29.5 Å². The number of halogens is 3. The van der Waals surface area contributed by atoms with Crippen LogP contribution < -0.4 is 4.74 Å². The summed E-state index contributed by atoms with van der Waals surface area (Å²) in [6.45, 7) is 3.57. The summed E-state index contributed by atoms with van der Waals surface area (Å²) in [5.41, 5.74) is 0.115. The normalized spacial score (nSPS) is 21.0. The molecule has 0 saturated carbocycles. The molecule has 0 spiro atoms. The second-order valence-corrected chi connectivity index (χ2v) is 7.13. The molecule has 1 heterocycles. The molecular weight excluding hydrogens is 367 g/mol. The zero-order chi connectivity index (χ0) is 20.3. The highest BCUT2D eigenvalue weighted by atomic mass is 19.4. The van der Waals surface area contributed by atoms with Crippen molar-refractivity contribution in [2.45, 2.75) is 31.4 Å². The van der Waals surface area contributed by atoms with Crippen LogP contribution in [-0.2, 0) is 11.0 Å². The Hall–Kier alpha value is -2.34. The van der Waals surface area contributed by atoms with Crippen molar-refractivity contribution in [1.29, 1.82) is 0 Å². The fourth-order valence-electron chi connectivity index (χ4n) is 3.95. The number of carbonyl (C=O) groups is 1. The molecule has 2 aromatic carbocycles. The van der Waals surface area contributed by atoms with Gasteiger partial charge >= 0.3 is 6.18 Å². The smallest absolute Gasteiger partial charge is 0.416 e. The first-order chi connectivity index (χ1) is 13.3. The van der Waals surface area contributed by atoms with Gasteiger partial charge in [0.1, 0.15) is 11.5 Å². The first kappa shape index (κ1) is 20.4. The van der Waals surface area contributed by atoms with Crippen molar-refractivity contribution in [3.05, 3.63) is 65.2 Å². The van der Waals surface area contributed by atoms with E-state index in [1.54, 1.807) is 31.4 Å². The molecule has 0 bridgehead atoms. The highest BCUT2D eigenvalue weighted by Crippen LogP contribution is 2.40. The second kappa shape index (κ2) is 8.35. The van der Waals surface area contributed by atoms with Crippen molar-refractivity contribution in [3.8, 4) is 5.75 Å². The number of hydrogen-bond acceptors (Lipinski definition) is 3. The van der Waals surface area contributed by atoms with E-state index in [0.29, 0.717) is 18.8 Å². The van der Waals surface area contributed by atoms with Gasteiger partial charge in [0, 0.05) is 13.1 Å². The molecular formula is C22H24F3NO2. The van der Waals surface area contributed by atoms with Crippen molar-refractivity contribution in [1.82, 2.24) is 4.90 Å². The van der Waals surface area contributed by atoms with E-state index in [9.17, 15) is 18.0 Å². The predicted octanol–water partition coefficient (Wildman–Crippen LogP) is 4.88. The Morgan fingerprint density at radius 1 is 1.07 bits per heavy atom. The van der Waals surface area contributed by atoms with E-state index in [-0.39, 0.29) is 11.3 Å². The molecule has 0 aromatic heterocycles. The maximum absolute atomic E-state index is 13.6. The first-order valence-electron chi connectivity index (χ1n) is 9.41. The van der Waals surface area contributed by atoms with Gasteiger partial charge in [-0.15, -0.1) is 0 Å². The molecule has 6 heteroatoms. The average Bonchev–Trinajstić information content (AvgIpc) is 2.68. The molecule has 2 aromatic rings. The summed E-state index contributed by atoms with van der Waals surface area (Å²) >= 11 is 0. The Bertz CT molecular complexity index is 835. The van der Waals surface area contributed by atoms with Gasteiger partial charge in [-0.1, -0.05) is 37.3 Å². The lowest BCUT2D eigenvalue weighted by Gasteiger charge is -2.37. The zero-order valence-corrected chi connectivity index (χ0v) is 16.0. The first-order valence-corrected chi connectivity index (χ1v) is 9.41. The summed E-state index contributed by atoms with van der Waals surface area (Å²) in [5, 5.41) is 0. The fraction of sp³-hybridized carbons (Fsp3) is 0.409. The van der Waals surface area contributed by atoms with Gasteiger partial charge in [-0.25, -0.2) is 0 Å². The number of carbonyl (C=O) groups excluding carboxylic acids is 1. The molecule has 0 aliphatic carbocycles. The summed E-state index contributed by atoms with van der Waals surface area (Å²) in [6.07, 6.45) is -3.62. The third-order valence-corrected chi connectivity index (χ3v) is 5.25. The summed E-state index contributed by atoms with van der Waals surface area (Å²) in [5.74, 6) is -0.835. The highest BCUT2D eigenvalue weighted by Gasteiger charge is 2.41. The van der Waals surface area contributed by atoms with Crippen LogP contribution in [0.3, 0.4) is 0 Å². The van der Waals surface area contributed by atoms with E-state index < -0.39 is 23.6 Å². The van der Waals surface area contributed by atoms with Gasteiger partial charge in [0.2, 0.25) is 0 Å². The molecule has 2 unspecified atom stereocenters. The molecule has 150 valence electrons. The van der Waals surface area contributed by atoms with Crippen molar-refractivity contribution < 1.29 is 22.7 Å². The molecule has 2 atom stereocenters. The fourth-order valence-corrected chi connectivity index (χ4v) is 3.95. The lowest BCUT2D eigenvalue weighted by atomic mass is 9.78. The number of ether oxygens (including phenoxy) is 1. The van der Waals surface area contributed by atoms with Crippen LogP contribution in [0.15, 0.2) is 48.5 Å². The number of ketones is 1. The van der Waals surface area contributed by atoms with Crippen LogP contribution in [0.5, 0.6) is 5.75 Å². The molecule has 1 fully saturated rings. The Kier molecular flexibility index (Phi) is 6.08. The Balaban J connectivity index is 2.03. The van der Waals surface area contributed by atoms with E-state index >= 15 is 0 Å². The molecule has 1 aliphatic heterocycles. The lowest BCUT2D eigenvalue weighted by molar-refractivity contribution is -0.139. The Morgan fingerprint density at radius 3 is 2.46 bits per heavy atom. The third-order valence-electron chi connectivity index (χ3n) is 5.25. The number of Topliss-reactive ketones (excluding diaryl/α,β-unsaturated/α-hetero) is 1. The van der Waals surface area contributed by atoms with Crippen LogP contribution in [0.2, 0.25) is 0 Å². The number of rotatable bonds is 5. The van der Waals surface area contributed by atoms with Crippen molar-refractivity contribution in [2.75, 3.05) is 26.7 Å². The highest BCUT2D eigenvalue weighted by molar-refractivity contribution is 5.93. The lowest BCUT2D eigenvalue weighted by Crippen LogP contribution is -2.45. The van der Waals surface area contributed by atoms with Crippen LogP contribution in [0.4, 0.5) is 13.2 Å². The Labute approximate surface area is 163 Å². The van der Waals surface area contributed by atoms with E-state index in [1.165, 1.54) is 12.1 Å². The number of alkyl halides is 3. The number of methoxy groups -OCH3 is 1. The van der Waals surface area contributed by atoms with Gasteiger partial charge in [-0.3, -0.25) is 4.79 Å². The van der Waals surface area contributed by atoms with Crippen LogP contribution in [0, 0.1) is 0 Å². The molecule has 28 heavy (non-hydrogen) atoms. The van der Waals surface area contributed by atoms with Gasteiger partial charge in [-0.05, 0) is 42.3 Å². The van der Waals surface area contributed by atoms with Crippen LogP contribution in [0.1, 0.15) is 41.9 Å². The maximum atomic E-state index is 13.6. The number of hydrogen-bond donors (Lipinski definition) is 0. The number of nitrogens with zero attached hydrogens (tertiary/aromatic N) is 1. The number of piperidine rings is 1. The van der Waals surface area contributed by atoms with Crippen molar-refractivity contribution in [2.24, 2.45) is 0 Å². The second-order valence-electron chi connectivity index (χ2n) is 7.13. The van der Waals surface area contributed by atoms with E-state index in [2.05, 4.69) is 4.90 Å². The summed E-state index contributed by atoms with van der Waals surface area (Å²) in [4.78, 5) is 15.4. The molecule has 0 radical (unpaired) electrons. The Morgan fingerprint density at radius 2 is 1.79 bits per heavy atom. The van der Waals surface area contributed by atoms with E-state index in [1.807, 2.05) is 13.0 Å².